The number of halogens is 3. The van der Waals surface area contributed by atoms with E-state index in [1.54, 1.807) is 0 Å². The van der Waals surface area contributed by atoms with Gasteiger partial charge in [0.2, 0.25) is 0 Å². The highest BCUT2D eigenvalue weighted by Crippen LogP contribution is 2.28. The van der Waals surface area contributed by atoms with Gasteiger partial charge in [0.25, 0.3) is 0 Å². The van der Waals surface area contributed by atoms with Crippen molar-refractivity contribution in [2.45, 2.75) is 58.7 Å². The molecule has 1 heterocycles. The summed E-state index contributed by atoms with van der Waals surface area (Å²) in [6, 6.07) is 0. The van der Waals surface area contributed by atoms with E-state index in [1.807, 2.05) is 19.9 Å². The first-order chi connectivity index (χ1) is 13.2. The van der Waals surface area contributed by atoms with Gasteiger partial charge in [-0.3, -0.25) is 4.79 Å². The van der Waals surface area contributed by atoms with Gasteiger partial charge in [0.05, 0.1) is 0 Å². The van der Waals surface area contributed by atoms with Crippen LogP contribution >= 0.6 is 0 Å². The maximum atomic E-state index is 12.3. The molecule has 0 fully saturated rings. The summed E-state index contributed by atoms with van der Waals surface area (Å²) in [5, 5.41) is 2.88. The number of ketones is 1. The van der Waals surface area contributed by atoms with Crippen LogP contribution in [0.25, 0.3) is 0 Å². The number of rotatable bonds is 10. The monoisotopic (exact) mass is 397 g/mol. The number of nitrogens with zero attached hydrogens (tertiary/aromatic N) is 1. The first-order valence-electron chi connectivity index (χ1n) is 9.35. The number of unbranched alkanes of at least 4 members (excludes halogenated alkanes) is 1. The fraction of sp³-hybridized carbons (Fsp3) is 0.500. The predicted molar refractivity (Wildman–Crippen MR) is 102 cm³/mol. The third kappa shape index (κ3) is 6.58. The van der Waals surface area contributed by atoms with Gasteiger partial charge in [-0.2, -0.15) is 0 Å². The van der Waals surface area contributed by atoms with Crippen LogP contribution < -0.4 is 5.32 Å². The number of carbonyl (C=O) groups is 1. The smallest absolute Gasteiger partial charge is 0.410 e. The van der Waals surface area contributed by atoms with Crippen molar-refractivity contribution in [3.8, 4) is 0 Å². The van der Waals surface area contributed by atoms with Crippen LogP contribution in [0.15, 0.2) is 36.3 Å². The molecule has 0 aromatic carbocycles. The number of alkyl halides is 3. The zero-order valence-electron chi connectivity index (χ0n) is 16.2. The molecular weight excluding hydrogens is 371 g/mol. The van der Waals surface area contributed by atoms with Crippen molar-refractivity contribution in [1.29, 1.82) is 0 Å². The Kier molecular flexibility index (Phi) is 7.48. The molecule has 5 nitrogen and oxygen atoms in total. The largest absolute Gasteiger partial charge is 0.572 e. The second-order valence-corrected chi connectivity index (χ2v) is 6.96. The Bertz CT molecular complexity index is 761. The molecule has 1 aliphatic rings. The highest BCUT2D eigenvalue weighted by molar-refractivity contribution is 6.00. The topological polar surface area (TPSA) is 67.0 Å². The lowest BCUT2D eigenvalue weighted by atomic mass is 10.00. The lowest BCUT2D eigenvalue weighted by molar-refractivity contribution is -0.306. The minimum Gasteiger partial charge on any atom is -0.410 e. The van der Waals surface area contributed by atoms with Crippen molar-refractivity contribution in [1.82, 2.24) is 9.97 Å². The Hall–Kier alpha value is -2.51. The summed E-state index contributed by atoms with van der Waals surface area (Å²) in [6.07, 6.45) is 3.96. The molecule has 0 bridgehead atoms. The molecule has 0 radical (unpaired) electrons. The molecule has 154 valence electrons. The quantitative estimate of drug-likeness (QED) is 0.395. The SMILES string of the molecule is C=CNc1nc(CCCCC2=CCCC(OC(F)(F)F)=C2)[nH]c1C(=O)C(C)C. The van der Waals surface area contributed by atoms with Crippen LogP contribution in [0.4, 0.5) is 19.0 Å². The van der Waals surface area contributed by atoms with Gasteiger partial charge in [-0.1, -0.05) is 26.5 Å². The third-order valence-corrected chi connectivity index (χ3v) is 4.28. The van der Waals surface area contributed by atoms with Crippen LogP contribution in [0, 0.1) is 5.92 Å². The predicted octanol–water partition coefficient (Wildman–Crippen LogP) is 5.66. The number of aromatic amines is 1. The number of aromatic nitrogens is 2. The summed E-state index contributed by atoms with van der Waals surface area (Å²) < 4.78 is 41.0. The van der Waals surface area contributed by atoms with E-state index in [-0.39, 0.29) is 23.9 Å². The van der Waals surface area contributed by atoms with Gasteiger partial charge >= 0.3 is 6.36 Å². The van der Waals surface area contributed by atoms with E-state index in [0.717, 1.165) is 18.4 Å². The number of hydrogen-bond acceptors (Lipinski definition) is 4. The molecule has 1 aromatic rings. The van der Waals surface area contributed by atoms with E-state index in [2.05, 4.69) is 26.6 Å². The van der Waals surface area contributed by atoms with Crippen molar-refractivity contribution in [2.75, 3.05) is 5.32 Å². The second-order valence-electron chi connectivity index (χ2n) is 6.96. The Morgan fingerprint density at radius 1 is 1.39 bits per heavy atom. The Balaban J connectivity index is 1.88. The summed E-state index contributed by atoms with van der Waals surface area (Å²) in [5.41, 5.74) is 1.30. The fourth-order valence-corrected chi connectivity index (χ4v) is 2.97. The van der Waals surface area contributed by atoms with Crippen LogP contribution in [-0.4, -0.2) is 22.1 Å². The number of allylic oxidation sites excluding steroid dienone is 4. The summed E-state index contributed by atoms with van der Waals surface area (Å²) in [4.78, 5) is 19.8. The maximum absolute atomic E-state index is 12.3. The molecule has 1 aliphatic carbocycles. The number of imidazole rings is 1. The van der Waals surface area contributed by atoms with Crippen LogP contribution in [0.3, 0.4) is 0 Å². The molecule has 1 aromatic heterocycles. The average Bonchev–Trinajstić information content (AvgIpc) is 3.00. The molecule has 0 amide bonds. The van der Waals surface area contributed by atoms with E-state index < -0.39 is 6.36 Å². The zero-order valence-corrected chi connectivity index (χ0v) is 16.2. The molecular formula is C20H26F3N3O2. The van der Waals surface area contributed by atoms with Crippen molar-refractivity contribution in [3.05, 3.63) is 47.8 Å². The molecule has 2 N–H and O–H groups in total. The fourth-order valence-electron chi connectivity index (χ4n) is 2.97. The summed E-state index contributed by atoms with van der Waals surface area (Å²) in [7, 11) is 0. The molecule has 0 atom stereocenters. The Labute approximate surface area is 162 Å². The average molecular weight is 397 g/mol. The lowest BCUT2D eigenvalue weighted by Gasteiger charge is -2.16. The molecule has 0 unspecified atom stereocenters. The number of ether oxygens (including phenoxy) is 1. The number of H-pyrrole nitrogens is 1. The van der Waals surface area contributed by atoms with Crippen LogP contribution in [0.1, 0.15) is 62.3 Å². The van der Waals surface area contributed by atoms with Crippen molar-refractivity contribution >= 4 is 11.6 Å². The maximum Gasteiger partial charge on any atom is 0.572 e. The van der Waals surface area contributed by atoms with Crippen LogP contribution in [0.2, 0.25) is 0 Å². The van der Waals surface area contributed by atoms with Gasteiger partial charge < -0.3 is 15.0 Å². The van der Waals surface area contributed by atoms with Crippen molar-refractivity contribution in [2.24, 2.45) is 5.92 Å². The Morgan fingerprint density at radius 2 is 2.11 bits per heavy atom. The summed E-state index contributed by atoms with van der Waals surface area (Å²) >= 11 is 0. The molecule has 28 heavy (non-hydrogen) atoms. The second kappa shape index (κ2) is 9.61. The molecule has 0 saturated heterocycles. The van der Waals surface area contributed by atoms with Gasteiger partial charge in [0.1, 0.15) is 17.3 Å². The van der Waals surface area contributed by atoms with E-state index in [4.69, 9.17) is 0 Å². The van der Waals surface area contributed by atoms with E-state index in [1.165, 1.54) is 12.3 Å². The van der Waals surface area contributed by atoms with Gasteiger partial charge in [-0.15, -0.1) is 13.2 Å². The highest BCUT2D eigenvalue weighted by Gasteiger charge is 2.32. The minimum atomic E-state index is -4.64. The third-order valence-electron chi connectivity index (χ3n) is 4.28. The van der Waals surface area contributed by atoms with E-state index in [0.29, 0.717) is 36.6 Å². The molecule has 0 aliphatic heterocycles. The highest BCUT2D eigenvalue weighted by atomic mass is 19.4. The lowest BCUT2D eigenvalue weighted by Crippen LogP contribution is -2.14. The normalized spacial score (nSPS) is 14.5. The van der Waals surface area contributed by atoms with Gasteiger partial charge in [-0.25, -0.2) is 4.98 Å². The molecule has 8 heteroatoms. The summed E-state index contributed by atoms with van der Waals surface area (Å²) in [6.45, 7) is 7.24. The Morgan fingerprint density at radius 3 is 2.75 bits per heavy atom. The van der Waals surface area contributed by atoms with Gasteiger partial charge in [-0.05, 0) is 43.5 Å². The molecule has 0 spiro atoms. The van der Waals surface area contributed by atoms with E-state index >= 15 is 0 Å². The minimum absolute atomic E-state index is 0.0298. The number of Topliss-reactive ketones (excluding diaryl/α,β-unsaturated/α-hetero) is 1. The van der Waals surface area contributed by atoms with Crippen molar-refractivity contribution < 1.29 is 22.7 Å². The molecule has 2 rings (SSSR count). The van der Waals surface area contributed by atoms with Crippen LogP contribution in [-0.2, 0) is 11.2 Å². The first kappa shape index (κ1) is 21.8. The zero-order chi connectivity index (χ0) is 20.7. The van der Waals surface area contributed by atoms with Crippen LogP contribution in [0.5, 0.6) is 0 Å². The molecule has 0 saturated carbocycles. The van der Waals surface area contributed by atoms with E-state index in [9.17, 15) is 18.0 Å². The number of aryl methyl sites for hydroxylation is 1. The number of nitrogens with one attached hydrogen (secondary N) is 2. The number of hydrogen-bond donors (Lipinski definition) is 2. The number of carbonyl (C=O) groups excluding carboxylic acids is 1. The van der Waals surface area contributed by atoms with Gasteiger partial charge in [0.15, 0.2) is 11.6 Å². The number of anilines is 1. The standard InChI is InChI=1S/C20H26F3N3O2/c1-4-24-19-17(18(27)13(2)3)25-16(26-19)11-6-5-8-14-9-7-10-15(12-14)28-20(21,22)23/h4,9,12-13,24H,1,5-8,10-11H2,2-3H3,(H,25,26). The van der Waals surface area contributed by atoms with Crippen molar-refractivity contribution in [3.63, 3.8) is 0 Å². The summed E-state index contributed by atoms with van der Waals surface area (Å²) in [5.74, 6) is 0.945. The van der Waals surface area contributed by atoms with Gasteiger partial charge in [0, 0.05) is 18.8 Å². The first-order valence-corrected chi connectivity index (χ1v) is 9.35.